The summed E-state index contributed by atoms with van der Waals surface area (Å²) in [4.78, 5) is 15.1. The molecule has 0 spiro atoms. The Hall–Kier alpha value is -2.13. The van der Waals surface area contributed by atoms with Crippen LogP contribution in [0.5, 0.6) is 5.88 Å². The highest BCUT2D eigenvalue weighted by atomic mass is 32.2. The van der Waals surface area contributed by atoms with E-state index in [4.69, 9.17) is 9.84 Å². The number of thiophene rings is 1. The highest BCUT2D eigenvalue weighted by Gasteiger charge is 2.23. The molecular formula is C12H12N2O5S2. The van der Waals surface area contributed by atoms with Crippen molar-refractivity contribution in [3.8, 4) is 5.88 Å². The average Bonchev–Trinajstić information content (AvgIpc) is 2.82. The molecule has 21 heavy (non-hydrogen) atoms. The van der Waals surface area contributed by atoms with E-state index in [-0.39, 0.29) is 21.3 Å². The van der Waals surface area contributed by atoms with Gasteiger partial charge in [-0.15, -0.1) is 11.3 Å². The number of rotatable bonds is 5. The van der Waals surface area contributed by atoms with Gasteiger partial charge in [0.1, 0.15) is 15.5 Å². The number of carboxylic acids is 1. The Labute approximate surface area is 125 Å². The Morgan fingerprint density at radius 2 is 2.19 bits per heavy atom. The first-order valence-corrected chi connectivity index (χ1v) is 8.00. The lowest BCUT2D eigenvalue weighted by atomic mass is 10.4. The van der Waals surface area contributed by atoms with E-state index in [1.165, 1.54) is 19.4 Å². The van der Waals surface area contributed by atoms with Gasteiger partial charge >= 0.3 is 5.97 Å². The molecule has 7 nitrogen and oxygen atoms in total. The first kappa shape index (κ1) is 15.3. The summed E-state index contributed by atoms with van der Waals surface area (Å²) in [6, 6.07) is 4.19. The van der Waals surface area contributed by atoms with E-state index in [0.29, 0.717) is 4.88 Å². The minimum absolute atomic E-state index is 0.0361. The Morgan fingerprint density at radius 1 is 1.48 bits per heavy atom. The monoisotopic (exact) mass is 328 g/mol. The van der Waals surface area contributed by atoms with Gasteiger partial charge in [-0.25, -0.2) is 18.2 Å². The number of aromatic nitrogens is 1. The summed E-state index contributed by atoms with van der Waals surface area (Å²) in [5.74, 6) is -1.03. The molecule has 0 aliphatic heterocycles. The van der Waals surface area contributed by atoms with Crippen LogP contribution >= 0.6 is 11.3 Å². The Morgan fingerprint density at radius 3 is 2.76 bits per heavy atom. The SMILES string of the molecule is COc1ncccc1NS(=O)(=O)c1cc(C(=O)O)sc1C. The van der Waals surface area contributed by atoms with Gasteiger partial charge in [0, 0.05) is 11.1 Å². The van der Waals surface area contributed by atoms with Crippen LogP contribution in [0.2, 0.25) is 0 Å². The molecule has 2 aromatic rings. The zero-order valence-corrected chi connectivity index (χ0v) is 12.8. The van der Waals surface area contributed by atoms with Crippen molar-refractivity contribution in [1.29, 1.82) is 0 Å². The molecule has 0 amide bonds. The second kappa shape index (κ2) is 5.70. The number of carbonyl (C=O) groups is 1. The Bertz CT molecular complexity index is 783. The molecule has 0 saturated heterocycles. The largest absolute Gasteiger partial charge is 0.480 e. The van der Waals surface area contributed by atoms with Crippen molar-refractivity contribution in [2.45, 2.75) is 11.8 Å². The van der Waals surface area contributed by atoms with Crippen LogP contribution in [-0.2, 0) is 10.0 Å². The van der Waals surface area contributed by atoms with Gasteiger partial charge in [-0.3, -0.25) is 4.72 Å². The van der Waals surface area contributed by atoms with Gasteiger partial charge in [0.25, 0.3) is 10.0 Å². The maximum atomic E-state index is 12.3. The third kappa shape index (κ3) is 3.14. The Balaban J connectivity index is 2.41. The summed E-state index contributed by atoms with van der Waals surface area (Å²) < 4.78 is 32.0. The van der Waals surface area contributed by atoms with Crippen LogP contribution < -0.4 is 9.46 Å². The number of ether oxygens (including phenoxy) is 1. The number of pyridine rings is 1. The predicted octanol–water partition coefficient (Wildman–Crippen LogP) is 1.96. The average molecular weight is 328 g/mol. The number of hydrogen-bond donors (Lipinski definition) is 2. The number of aromatic carboxylic acids is 1. The van der Waals surface area contributed by atoms with Crippen molar-refractivity contribution in [2.24, 2.45) is 0 Å². The van der Waals surface area contributed by atoms with E-state index in [1.807, 2.05) is 0 Å². The van der Waals surface area contributed by atoms with Gasteiger partial charge in [0.2, 0.25) is 5.88 Å². The molecule has 9 heteroatoms. The number of anilines is 1. The molecule has 0 unspecified atom stereocenters. The fourth-order valence-electron chi connectivity index (χ4n) is 1.67. The number of methoxy groups -OCH3 is 1. The lowest BCUT2D eigenvalue weighted by molar-refractivity contribution is 0.0702. The maximum absolute atomic E-state index is 12.3. The third-order valence-corrected chi connectivity index (χ3v) is 5.24. The molecule has 0 radical (unpaired) electrons. The van der Waals surface area contributed by atoms with Crippen molar-refractivity contribution in [3.63, 3.8) is 0 Å². The van der Waals surface area contributed by atoms with Crippen LogP contribution in [-0.4, -0.2) is 31.6 Å². The minimum atomic E-state index is -3.91. The first-order chi connectivity index (χ1) is 9.85. The molecule has 112 valence electrons. The number of aryl methyl sites for hydroxylation is 1. The number of carboxylic acid groups (broad SMARTS) is 1. The molecule has 2 rings (SSSR count). The molecule has 0 aromatic carbocycles. The summed E-state index contributed by atoms with van der Waals surface area (Å²) >= 11 is 0.904. The topological polar surface area (TPSA) is 106 Å². The van der Waals surface area contributed by atoms with Crippen LogP contribution in [0, 0.1) is 6.92 Å². The van der Waals surface area contributed by atoms with Crippen LogP contribution in [0.4, 0.5) is 5.69 Å². The maximum Gasteiger partial charge on any atom is 0.345 e. The lowest BCUT2D eigenvalue weighted by Gasteiger charge is -2.10. The van der Waals surface area contributed by atoms with E-state index in [1.54, 1.807) is 13.0 Å². The molecule has 0 fully saturated rings. The zero-order valence-electron chi connectivity index (χ0n) is 11.2. The van der Waals surface area contributed by atoms with Crippen molar-refractivity contribution < 1.29 is 23.1 Å². The van der Waals surface area contributed by atoms with Gasteiger partial charge < -0.3 is 9.84 Å². The highest BCUT2D eigenvalue weighted by molar-refractivity contribution is 7.93. The van der Waals surface area contributed by atoms with Crippen molar-refractivity contribution in [1.82, 2.24) is 4.98 Å². The van der Waals surface area contributed by atoms with Gasteiger partial charge in [0.05, 0.1) is 7.11 Å². The Kier molecular flexibility index (Phi) is 4.14. The molecule has 0 atom stereocenters. The van der Waals surface area contributed by atoms with Crippen LogP contribution in [0.3, 0.4) is 0 Å². The van der Waals surface area contributed by atoms with Gasteiger partial charge in [0.15, 0.2) is 0 Å². The second-order valence-corrected chi connectivity index (χ2v) is 6.91. The molecule has 0 aliphatic rings. The summed E-state index contributed by atoms with van der Waals surface area (Å²) in [6.07, 6.45) is 1.47. The van der Waals surface area contributed by atoms with E-state index in [9.17, 15) is 13.2 Å². The lowest BCUT2D eigenvalue weighted by Crippen LogP contribution is -2.14. The predicted molar refractivity (Wildman–Crippen MR) is 77.6 cm³/mol. The minimum Gasteiger partial charge on any atom is -0.480 e. The molecule has 0 bridgehead atoms. The van der Waals surface area contributed by atoms with Crippen LogP contribution in [0.15, 0.2) is 29.3 Å². The first-order valence-electron chi connectivity index (χ1n) is 5.70. The van der Waals surface area contributed by atoms with Gasteiger partial charge in [-0.2, -0.15) is 0 Å². The molecule has 2 aromatic heterocycles. The summed E-state index contributed by atoms with van der Waals surface area (Å²) in [5.41, 5.74) is 0.183. The smallest absolute Gasteiger partial charge is 0.345 e. The molecule has 0 aliphatic carbocycles. The number of nitrogens with one attached hydrogen (secondary N) is 1. The zero-order chi connectivity index (χ0) is 15.6. The van der Waals surface area contributed by atoms with E-state index >= 15 is 0 Å². The fraction of sp³-hybridized carbons (Fsp3) is 0.167. The molecular weight excluding hydrogens is 316 g/mol. The molecule has 2 heterocycles. The van der Waals surface area contributed by atoms with Crippen LogP contribution in [0.25, 0.3) is 0 Å². The third-order valence-electron chi connectivity index (χ3n) is 2.58. The quantitative estimate of drug-likeness (QED) is 0.869. The highest BCUT2D eigenvalue weighted by Crippen LogP contribution is 2.29. The second-order valence-electron chi connectivity index (χ2n) is 4.00. The fourth-order valence-corrected chi connectivity index (χ4v) is 4.16. The van der Waals surface area contributed by atoms with E-state index < -0.39 is 16.0 Å². The van der Waals surface area contributed by atoms with E-state index in [0.717, 1.165) is 17.4 Å². The standard InChI is InChI=1S/C12H12N2O5S2/c1-7-10(6-9(20-7)12(15)16)21(17,18)14-8-4-3-5-13-11(8)19-2/h3-6,14H,1-2H3,(H,15,16). The van der Waals surface area contributed by atoms with Crippen LogP contribution in [0.1, 0.15) is 14.5 Å². The molecule has 0 saturated carbocycles. The number of hydrogen-bond acceptors (Lipinski definition) is 6. The van der Waals surface area contributed by atoms with Gasteiger partial charge in [-0.1, -0.05) is 0 Å². The number of sulfonamides is 1. The summed E-state index contributed by atoms with van der Waals surface area (Å²) in [7, 11) is -2.54. The van der Waals surface area contributed by atoms with Gasteiger partial charge in [-0.05, 0) is 25.1 Å². The van der Waals surface area contributed by atoms with Crippen molar-refractivity contribution in [3.05, 3.63) is 34.2 Å². The summed E-state index contributed by atoms with van der Waals surface area (Å²) in [6.45, 7) is 1.55. The summed E-state index contributed by atoms with van der Waals surface area (Å²) in [5, 5.41) is 8.93. The van der Waals surface area contributed by atoms with E-state index in [2.05, 4.69) is 9.71 Å². The normalized spacial score (nSPS) is 11.1. The van der Waals surface area contributed by atoms with Crippen molar-refractivity contribution >= 4 is 33.0 Å². The molecule has 2 N–H and O–H groups in total. The van der Waals surface area contributed by atoms with Crippen molar-refractivity contribution in [2.75, 3.05) is 11.8 Å². The number of nitrogens with zero attached hydrogens (tertiary/aromatic N) is 1.